The fraction of sp³-hybridized carbons (Fsp3) is 0.706. The van der Waals surface area contributed by atoms with E-state index in [9.17, 15) is 0 Å². The van der Waals surface area contributed by atoms with Gasteiger partial charge >= 0.3 is 0 Å². The van der Waals surface area contributed by atoms with Crippen molar-refractivity contribution in [3.63, 3.8) is 0 Å². The summed E-state index contributed by atoms with van der Waals surface area (Å²) >= 11 is 0. The third-order valence-electron chi connectivity index (χ3n) is 4.51. The Balaban J connectivity index is 2.01. The lowest BCUT2D eigenvalue weighted by Gasteiger charge is -2.32. The Bertz CT molecular complexity index is 406. The van der Waals surface area contributed by atoms with Crippen LogP contribution in [0.25, 0.3) is 0 Å². The van der Waals surface area contributed by atoms with Crippen LogP contribution < -0.4 is 5.32 Å². The van der Waals surface area contributed by atoms with Gasteiger partial charge < -0.3 is 5.32 Å². The van der Waals surface area contributed by atoms with Crippen LogP contribution in [0, 0.1) is 5.41 Å². The maximum absolute atomic E-state index is 4.65. The Morgan fingerprint density at radius 1 is 1.42 bits per heavy atom. The molecule has 106 valence electrons. The van der Waals surface area contributed by atoms with Gasteiger partial charge in [-0.05, 0) is 56.2 Å². The van der Waals surface area contributed by atoms with Crippen molar-refractivity contribution < 1.29 is 0 Å². The second kappa shape index (κ2) is 6.04. The number of aryl methyl sites for hydroxylation is 1. The van der Waals surface area contributed by atoms with Crippen LogP contribution in [0.5, 0.6) is 0 Å². The summed E-state index contributed by atoms with van der Waals surface area (Å²) in [7, 11) is 2.09. The molecule has 2 nitrogen and oxygen atoms in total. The van der Waals surface area contributed by atoms with Crippen molar-refractivity contribution in [3.8, 4) is 0 Å². The maximum Gasteiger partial charge on any atom is 0.0466 e. The SMILES string of the molecule is CNC(CCC1CCCc2cccnc21)C(C)(C)C. The van der Waals surface area contributed by atoms with Crippen LogP contribution in [0.15, 0.2) is 18.3 Å². The second-order valence-electron chi connectivity index (χ2n) is 6.92. The standard InChI is InChI=1S/C17H28N2/c1-17(2,3)15(18-4)11-10-14-8-5-7-13-9-6-12-19-16(13)14/h6,9,12,14-15,18H,5,7-8,10-11H2,1-4H3. The molecule has 0 saturated heterocycles. The topological polar surface area (TPSA) is 24.9 Å². The first-order chi connectivity index (χ1) is 9.02. The molecule has 1 aliphatic rings. The van der Waals surface area contributed by atoms with Gasteiger partial charge in [0.1, 0.15) is 0 Å². The highest BCUT2D eigenvalue weighted by Gasteiger charge is 2.26. The highest BCUT2D eigenvalue weighted by Crippen LogP contribution is 2.35. The van der Waals surface area contributed by atoms with E-state index in [2.05, 4.69) is 50.3 Å². The molecule has 0 amide bonds. The van der Waals surface area contributed by atoms with Crippen LogP contribution in [0.1, 0.15) is 63.6 Å². The first-order valence-corrected chi connectivity index (χ1v) is 7.63. The summed E-state index contributed by atoms with van der Waals surface area (Å²) < 4.78 is 0. The molecule has 0 aliphatic heterocycles. The average molecular weight is 260 g/mol. The number of aromatic nitrogens is 1. The van der Waals surface area contributed by atoms with Crippen LogP contribution in [-0.2, 0) is 6.42 Å². The normalized spacial score (nSPS) is 20.9. The number of nitrogens with one attached hydrogen (secondary N) is 1. The molecule has 1 aromatic rings. The van der Waals surface area contributed by atoms with E-state index in [-0.39, 0.29) is 0 Å². The van der Waals surface area contributed by atoms with Gasteiger partial charge in [0.2, 0.25) is 0 Å². The van der Waals surface area contributed by atoms with Crippen molar-refractivity contribution in [2.75, 3.05) is 7.05 Å². The predicted octanol–water partition coefficient (Wildman–Crippen LogP) is 3.92. The molecule has 1 aliphatic carbocycles. The summed E-state index contributed by atoms with van der Waals surface area (Å²) in [6.07, 6.45) is 8.30. The lowest BCUT2D eigenvalue weighted by molar-refractivity contribution is 0.255. The lowest BCUT2D eigenvalue weighted by atomic mass is 9.79. The molecule has 0 saturated carbocycles. The Kier molecular flexibility index (Phi) is 4.62. The number of fused-ring (bicyclic) bond motifs is 1. The molecule has 2 atom stereocenters. The first kappa shape index (κ1) is 14.5. The molecule has 1 aromatic heterocycles. The minimum Gasteiger partial charge on any atom is -0.316 e. The molecule has 0 bridgehead atoms. The molecule has 1 N–H and O–H groups in total. The van der Waals surface area contributed by atoms with E-state index < -0.39 is 0 Å². The summed E-state index contributed by atoms with van der Waals surface area (Å²) in [5.74, 6) is 0.670. The van der Waals surface area contributed by atoms with Gasteiger partial charge in [0, 0.05) is 23.9 Å². The molecular formula is C17H28N2. The van der Waals surface area contributed by atoms with Crippen LogP contribution in [0.4, 0.5) is 0 Å². The summed E-state index contributed by atoms with van der Waals surface area (Å²) in [6.45, 7) is 6.96. The largest absolute Gasteiger partial charge is 0.316 e. The number of hydrogen-bond acceptors (Lipinski definition) is 2. The quantitative estimate of drug-likeness (QED) is 0.887. The summed E-state index contributed by atoms with van der Waals surface area (Å²) in [5, 5.41) is 3.49. The zero-order valence-electron chi connectivity index (χ0n) is 12.9. The van der Waals surface area contributed by atoms with Gasteiger partial charge in [0.25, 0.3) is 0 Å². The van der Waals surface area contributed by atoms with Crippen molar-refractivity contribution in [3.05, 3.63) is 29.6 Å². The van der Waals surface area contributed by atoms with Crippen molar-refractivity contribution in [2.45, 2.75) is 64.8 Å². The van der Waals surface area contributed by atoms with E-state index in [0.717, 1.165) is 0 Å². The van der Waals surface area contributed by atoms with Crippen LogP contribution >= 0.6 is 0 Å². The predicted molar refractivity (Wildman–Crippen MR) is 81.5 cm³/mol. The van der Waals surface area contributed by atoms with Crippen LogP contribution in [0.3, 0.4) is 0 Å². The van der Waals surface area contributed by atoms with Crippen LogP contribution in [-0.4, -0.2) is 18.1 Å². The van der Waals surface area contributed by atoms with Crippen LogP contribution in [0.2, 0.25) is 0 Å². The third kappa shape index (κ3) is 3.56. The summed E-state index contributed by atoms with van der Waals surface area (Å²) in [6, 6.07) is 4.92. The number of hydrogen-bond donors (Lipinski definition) is 1. The maximum atomic E-state index is 4.65. The summed E-state index contributed by atoms with van der Waals surface area (Å²) in [4.78, 5) is 4.65. The monoisotopic (exact) mass is 260 g/mol. The number of pyridine rings is 1. The average Bonchev–Trinajstić information content (AvgIpc) is 2.38. The van der Waals surface area contributed by atoms with Gasteiger partial charge in [-0.2, -0.15) is 0 Å². The van der Waals surface area contributed by atoms with E-state index in [1.807, 2.05) is 6.20 Å². The fourth-order valence-electron chi connectivity index (χ4n) is 3.36. The Morgan fingerprint density at radius 2 is 2.21 bits per heavy atom. The Labute approximate surface area is 118 Å². The first-order valence-electron chi connectivity index (χ1n) is 7.63. The smallest absolute Gasteiger partial charge is 0.0466 e. The molecule has 0 spiro atoms. The molecule has 19 heavy (non-hydrogen) atoms. The minimum atomic E-state index is 0.330. The Morgan fingerprint density at radius 3 is 2.89 bits per heavy atom. The van der Waals surface area contributed by atoms with Crippen molar-refractivity contribution >= 4 is 0 Å². The molecular weight excluding hydrogens is 232 g/mol. The molecule has 2 rings (SSSR count). The van der Waals surface area contributed by atoms with E-state index in [1.165, 1.54) is 43.4 Å². The van der Waals surface area contributed by atoms with Crippen molar-refractivity contribution in [2.24, 2.45) is 5.41 Å². The molecule has 0 aromatic carbocycles. The summed E-state index contributed by atoms with van der Waals surface area (Å²) in [5.41, 5.74) is 3.18. The van der Waals surface area contributed by atoms with E-state index in [1.54, 1.807) is 0 Å². The molecule has 2 unspecified atom stereocenters. The highest BCUT2D eigenvalue weighted by atomic mass is 14.9. The molecule has 1 heterocycles. The number of rotatable bonds is 4. The molecule has 2 heteroatoms. The second-order valence-corrected chi connectivity index (χ2v) is 6.92. The van der Waals surface area contributed by atoms with Gasteiger partial charge in [-0.15, -0.1) is 0 Å². The van der Waals surface area contributed by atoms with E-state index >= 15 is 0 Å². The fourth-order valence-corrected chi connectivity index (χ4v) is 3.36. The molecule has 0 radical (unpaired) electrons. The minimum absolute atomic E-state index is 0.330. The third-order valence-corrected chi connectivity index (χ3v) is 4.51. The zero-order chi connectivity index (χ0) is 13.9. The van der Waals surface area contributed by atoms with Gasteiger partial charge in [-0.1, -0.05) is 26.8 Å². The number of nitrogens with zero attached hydrogens (tertiary/aromatic N) is 1. The zero-order valence-corrected chi connectivity index (χ0v) is 12.9. The highest BCUT2D eigenvalue weighted by molar-refractivity contribution is 5.25. The van der Waals surface area contributed by atoms with Gasteiger partial charge in [0.15, 0.2) is 0 Å². The molecule has 0 fully saturated rings. The van der Waals surface area contributed by atoms with Gasteiger partial charge in [-0.25, -0.2) is 0 Å². The Hall–Kier alpha value is -0.890. The van der Waals surface area contributed by atoms with Crippen molar-refractivity contribution in [1.29, 1.82) is 0 Å². The van der Waals surface area contributed by atoms with Gasteiger partial charge in [0.05, 0.1) is 0 Å². The van der Waals surface area contributed by atoms with E-state index in [0.29, 0.717) is 17.4 Å². The van der Waals surface area contributed by atoms with Gasteiger partial charge in [-0.3, -0.25) is 4.98 Å². The van der Waals surface area contributed by atoms with E-state index in [4.69, 9.17) is 0 Å². The van der Waals surface area contributed by atoms with Crippen molar-refractivity contribution in [1.82, 2.24) is 10.3 Å². The lowest BCUT2D eigenvalue weighted by Crippen LogP contribution is -2.38.